The first kappa shape index (κ1) is 10.5. The van der Waals surface area contributed by atoms with Crippen molar-refractivity contribution in [2.45, 2.75) is 20.8 Å². The number of nitrogens with zero attached hydrogens (tertiary/aromatic N) is 2. The van der Waals surface area contributed by atoms with E-state index in [9.17, 15) is 5.26 Å². The summed E-state index contributed by atoms with van der Waals surface area (Å²) in [5, 5.41) is 10.2. The molecule has 80 valence electrons. The Morgan fingerprint density at radius 2 is 2.06 bits per heavy atom. The summed E-state index contributed by atoms with van der Waals surface area (Å²) in [6.45, 7) is 6.02. The second-order valence-corrected chi connectivity index (χ2v) is 3.95. The molecule has 2 rings (SSSR count). The van der Waals surface area contributed by atoms with E-state index in [1.807, 2.05) is 38.3 Å². The first-order valence-electron chi connectivity index (χ1n) is 5.33. The quantitative estimate of drug-likeness (QED) is 0.706. The summed E-state index contributed by atoms with van der Waals surface area (Å²) in [4.78, 5) is 0. The summed E-state index contributed by atoms with van der Waals surface area (Å²) in [7, 11) is 0. The van der Waals surface area contributed by atoms with Crippen LogP contribution in [-0.4, -0.2) is 4.57 Å². The van der Waals surface area contributed by atoms with Crippen molar-refractivity contribution in [1.82, 2.24) is 4.57 Å². The number of fused-ring (bicyclic) bond motifs is 1. The van der Waals surface area contributed by atoms with Crippen molar-refractivity contribution in [1.29, 1.82) is 5.26 Å². The zero-order valence-corrected chi connectivity index (χ0v) is 9.78. The standard InChI is InChI=1S/C14H14N2/c1-4-7-16-11(3)13(9-15)12-6-5-10(2)8-14(12)16/h4-8H,1-3H3/b7-4+. The fraction of sp³-hybridized carbons (Fsp3) is 0.214. The molecule has 0 unspecified atom stereocenters. The molecule has 0 N–H and O–H groups in total. The Bertz CT molecular complexity index is 610. The van der Waals surface area contributed by atoms with E-state index < -0.39 is 0 Å². The molecule has 0 fully saturated rings. The second-order valence-electron chi connectivity index (χ2n) is 3.95. The minimum Gasteiger partial charge on any atom is -0.320 e. The topological polar surface area (TPSA) is 28.7 Å². The van der Waals surface area contributed by atoms with Crippen molar-refractivity contribution >= 4 is 17.1 Å². The van der Waals surface area contributed by atoms with Crippen LogP contribution in [0.15, 0.2) is 24.3 Å². The molecule has 2 nitrogen and oxygen atoms in total. The van der Waals surface area contributed by atoms with E-state index in [0.717, 1.165) is 22.2 Å². The summed E-state index contributed by atoms with van der Waals surface area (Å²) in [5.41, 5.74) is 4.08. The zero-order chi connectivity index (χ0) is 11.7. The van der Waals surface area contributed by atoms with E-state index in [2.05, 4.69) is 23.6 Å². The maximum Gasteiger partial charge on any atom is 0.102 e. The van der Waals surface area contributed by atoms with E-state index in [1.165, 1.54) is 5.56 Å². The zero-order valence-electron chi connectivity index (χ0n) is 9.78. The average Bonchev–Trinajstić information content (AvgIpc) is 2.52. The van der Waals surface area contributed by atoms with Gasteiger partial charge in [0.05, 0.1) is 11.1 Å². The highest BCUT2D eigenvalue weighted by molar-refractivity contribution is 5.90. The molecule has 0 spiro atoms. The molecule has 0 aliphatic heterocycles. The van der Waals surface area contributed by atoms with Crippen LogP contribution in [0.4, 0.5) is 0 Å². The van der Waals surface area contributed by atoms with Crippen LogP contribution < -0.4 is 0 Å². The van der Waals surface area contributed by atoms with E-state index >= 15 is 0 Å². The van der Waals surface area contributed by atoms with Crippen molar-refractivity contribution in [3.8, 4) is 6.07 Å². The number of benzene rings is 1. The summed E-state index contributed by atoms with van der Waals surface area (Å²) in [6.07, 6.45) is 3.98. The molecule has 16 heavy (non-hydrogen) atoms. The summed E-state index contributed by atoms with van der Waals surface area (Å²) < 4.78 is 2.07. The van der Waals surface area contributed by atoms with Gasteiger partial charge in [0, 0.05) is 17.3 Å². The van der Waals surface area contributed by atoms with Crippen molar-refractivity contribution in [2.75, 3.05) is 0 Å². The van der Waals surface area contributed by atoms with Gasteiger partial charge in [0.25, 0.3) is 0 Å². The van der Waals surface area contributed by atoms with Gasteiger partial charge in [-0.3, -0.25) is 0 Å². The lowest BCUT2D eigenvalue weighted by molar-refractivity contribution is 1.11. The fourth-order valence-corrected chi connectivity index (χ4v) is 2.03. The summed E-state index contributed by atoms with van der Waals surface area (Å²) in [6, 6.07) is 8.46. The highest BCUT2D eigenvalue weighted by atomic mass is 15.0. The molecule has 2 aromatic rings. The van der Waals surface area contributed by atoms with Crippen molar-refractivity contribution < 1.29 is 0 Å². The van der Waals surface area contributed by atoms with Crippen LogP contribution in [0.2, 0.25) is 0 Å². The fourth-order valence-electron chi connectivity index (χ4n) is 2.03. The van der Waals surface area contributed by atoms with Gasteiger partial charge in [-0.05, 0) is 32.4 Å². The second kappa shape index (κ2) is 3.86. The predicted molar refractivity (Wildman–Crippen MR) is 67.1 cm³/mol. The molecular formula is C14H14N2. The molecule has 0 amide bonds. The summed E-state index contributed by atoms with van der Waals surface area (Å²) >= 11 is 0. The van der Waals surface area contributed by atoms with E-state index in [0.29, 0.717) is 0 Å². The van der Waals surface area contributed by atoms with Crippen LogP contribution >= 0.6 is 0 Å². The third-order valence-electron chi connectivity index (χ3n) is 2.82. The predicted octanol–water partition coefficient (Wildman–Crippen LogP) is 3.62. The van der Waals surface area contributed by atoms with Crippen LogP contribution in [0.5, 0.6) is 0 Å². The normalized spacial score (nSPS) is 11.1. The first-order valence-corrected chi connectivity index (χ1v) is 5.33. The lowest BCUT2D eigenvalue weighted by Gasteiger charge is -2.00. The molecule has 0 bridgehead atoms. The molecule has 0 saturated heterocycles. The van der Waals surface area contributed by atoms with Gasteiger partial charge >= 0.3 is 0 Å². The Labute approximate surface area is 95.4 Å². The van der Waals surface area contributed by atoms with Gasteiger partial charge in [0.15, 0.2) is 0 Å². The Kier molecular flexibility index (Phi) is 2.54. The van der Waals surface area contributed by atoms with Crippen molar-refractivity contribution in [3.05, 3.63) is 41.1 Å². The van der Waals surface area contributed by atoms with Crippen LogP contribution in [0, 0.1) is 25.2 Å². The third kappa shape index (κ3) is 1.42. The van der Waals surface area contributed by atoms with Crippen molar-refractivity contribution in [2.24, 2.45) is 0 Å². The lowest BCUT2D eigenvalue weighted by atomic mass is 10.1. The molecule has 1 heterocycles. The lowest BCUT2D eigenvalue weighted by Crippen LogP contribution is -1.89. The highest BCUT2D eigenvalue weighted by Gasteiger charge is 2.11. The molecule has 2 heteroatoms. The highest BCUT2D eigenvalue weighted by Crippen LogP contribution is 2.26. The largest absolute Gasteiger partial charge is 0.320 e. The molecule has 0 aliphatic rings. The van der Waals surface area contributed by atoms with Crippen LogP contribution in [0.3, 0.4) is 0 Å². The van der Waals surface area contributed by atoms with Crippen LogP contribution in [0.1, 0.15) is 23.7 Å². The molecule has 1 aromatic heterocycles. The molecule has 0 radical (unpaired) electrons. The van der Waals surface area contributed by atoms with Crippen molar-refractivity contribution in [3.63, 3.8) is 0 Å². The van der Waals surface area contributed by atoms with Gasteiger partial charge < -0.3 is 4.57 Å². The maximum atomic E-state index is 9.18. The number of aryl methyl sites for hydroxylation is 1. The Morgan fingerprint density at radius 1 is 1.31 bits per heavy atom. The molecule has 0 aliphatic carbocycles. The third-order valence-corrected chi connectivity index (χ3v) is 2.82. The van der Waals surface area contributed by atoms with E-state index in [1.54, 1.807) is 0 Å². The van der Waals surface area contributed by atoms with Gasteiger partial charge in [-0.15, -0.1) is 0 Å². The molecule has 0 atom stereocenters. The SMILES string of the molecule is C/C=C/n1c(C)c(C#N)c2ccc(C)cc21. The average molecular weight is 210 g/mol. The van der Waals surface area contributed by atoms with Gasteiger partial charge in [0.2, 0.25) is 0 Å². The Balaban J connectivity index is 2.93. The molecule has 1 aromatic carbocycles. The van der Waals surface area contributed by atoms with Gasteiger partial charge in [-0.1, -0.05) is 18.2 Å². The van der Waals surface area contributed by atoms with Gasteiger partial charge in [0.1, 0.15) is 6.07 Å². The van der Waals surface area contributed by atoms with Gasteiger partial charge in [-0.2, -0.15) is 5.26 Å². The number of allylic oxidation sites excluding steroid dienone is 1. The van der Waals surface area contributed by atoms with Gasteiger partial charge in [-0.25, -0.2) is 0 Å². The molecule has 0 saturated carbocycles. The number of hydrogen-bond donors (Lipinski definition) is 0. The monoisotopic (exact) mass is 210 g/mol. The smallest absolute Gasteiger partial charge is 0.102 e. The van der Waals surface area contributed by atoms with E-state index in [4.69, 9.17) is 0 Å². The minimum absolute atomic E-state index is 0.771. The number of aromatic nitrogens is 1. The number of nitriles is 1. The van der Waals surface area contributed by atoms with Crippen LogP contribution in [-0.2, 0) is 0 Å². The number of hydrogen-bond acceptors (Lipinski definition) is 1. The minimum atomic E-state index is 0.771. The summed E-state index contributed by atoms with van der Waals surface area (Å²) in [5.74, 6) is 0. The Morgan fingerprint density at radius 3 is 2.69 bits per heavy atom. The van der Waals surface area contributed by atoms with Crippen LogP contribution in [0.25, 0.3) is 17.1 Å². The maximum absolute atomic E-state index is 9.18. The number of rotatable bonds is 1. The van der Waals surface area contributed by atoms with E-state index in [-0.39, 0.29) is 0 Å². The first-order chi connectivity index (χ1) is 7.69. The Hall–Kier alpha value is -2.01. The molecular weight excluding hydrogens is 196 g/mol.